The minimum absolute atomic E-state index is 0.114. The molecule has 1 heterocycles. The fraction of sp³-hybridized carbons (Fsp3) is 0.522. The average Bonchev–Trinajstić information content (AvgIpc) is 3.31. The first-order valence-electron chi connectivity index (χ1n) is 10.8. The Balaban J connectivity index is 1.50. The molecule has 0 radical (unpaired) electrons. The summed E-state index contributed by atoms with van der Waals surface area (Å²) < 4.78 is 5.80. The van der Waals surface area contributed by atoms with Gasteiger partial charge < -0.3 is 9.64 Å². The number of nitro benzene ring substituents is 1. The highest BCUT2D eigenvalue weighted by atomic mass is 16.6. The van der Waals surface area contributed by atoms with Crippen LogP contribution in [0.2, 0.25) is 0 Å². The third-order valence-corrected chi connectivity index (χ3v) is 6.59. The van der Waals surface area contributed by atoms with Gasteiger partial charge in [-0.15, -0.1) is 0 Å². The number of amides is 1. The molecule has 0 bridgehead atoms. The van der Waals surface area contributed by atoms with E-state index in [-0.39, 0.29) is 30.0 Å². The lowest BCUT2D eigenvalue weighted by Gasteiger charge is -2.42. The maximum Gasteiger partial charge on any atom is 0.311 e. The molecule has 2 aromatic carbocycles. The number of ether oxygens (including phenoxy) is 1. The van der Waals surface area contributed by atoms with Crippen molar-refractivity contribution in [3.8, 4) is 5.75 Å². The number of likely N-dealkylation sites (N-methyl/N-ethyl adjacent to an activating group) is 1. The van der Waals surface area contributed by atoms with Crippen LogP contribution in [0, 0.1) is 10.1 Å². The molecule has 1 saturated heterocycles. The molecule has 1 aliphatic heterocycles. The van der Waals surface area contributed by atoms with Gasteiger partial charge in [-0.2, -0.15) is 0 Å². The molecule has 2 aliphatic rings. The van der Waals surface area contributed by atoms with Crippen molar-refractivity contribution in [2.75, 3.05) is 26.7 Å². The Morgan fingerprint density at radius 3 is 2.63 bits per heavy atom. The zero-order valence-electron chi connectivity index (χ0n) is 17.5. The molecule has 2 atom stereocenters. The number of nitro groups is 1. The molecule has 2 unspecified atom stereocenters. The van der Waals surface area contributed by atoms with Crippen LogP contribution in [0.15, 0.2) is 36.4 Å². The van der Waals surface area contributed by atoms with E-state index in [0.717, 1.165) is 37.7 Å². The Bertz CT molecular complexity index is 926. The summed E-state index contributed by atoms with van der Waals surface area (Å²) in [4.78, 5) is 28.4. The van der Waals surface area contributed by atoms with Gasteiger partial charge in [0.05, 0.1) is 4.92 Å². The van der Waals surface area contributed by atoms with E-state index in [2.05, 4.69) is 4.90 Å². The van der Waals surface area contributed by atoms with Crippen LogP contribution in [0.1, 0.15) is 38.5 Å². The summed E-state index contributed by atoms with van der Waals surface area (Å²) in [6.45, 7) is 2.03. The highest BCUT2D eigenvalue weighted by Crippen LogP contribution is 2.35. The standard InChI is InChI=1S/C23H29N3O4/c1-24(19-10-4-5-11-20(19)25-14-6-7-15-25)22(27)16-30-23-18-9-3-2-8-17(18)12-13-21(23)26(28)29/h2-3,8-9,12-13,19-20H,4-7,10-11,14-16H2,1H3. The van der Waals surface area contributed by atoms with Crippen LogP contribution in [0.5, 0.6) is 5.75 Å². The third-order valence-electron chi connectivity index (χ3n) is 6.59. The van der Waals surface area contributed by atoms with E-state index in [4.69, 9.17) is 4.74 Å². The van der Waals surface area contributed by atoms with Crippen molar-refractivity contribution in [2.45, 2.75) is 50.6 Å². The van der Waals surface area contributed by atoms with Crippen LogP contribution in [0.3, 0.4) is 0 Å². The van der Waals surface area contributed by atoms with Crippen molar-refractivity contribution in [1.29, 1.82) is 0 Å². The number of likely N-dealkylation sites (tertiary alicyclic amines) is 1. The van der Waals surface area contributed by atoms with E-state index in [1.54, 1.807) is 12.1 Å². The second-order valence-corrected chi connectivity index (χ2v) is 8.35. The Morgan fingerprint density at radius 2 is 1.87 bits per heavy atom. The molecule has 0 aromatic heterocycles. The molecule has 2 fully saturated rings. The number of rotatable bonds is 6. The van der Waals surface area contributed by atoms with Crippen molar-refractivity contribution in [3.05, 3.63) is 46.5 Å². The summed E-state index contributed by atoms with van der Waals surface area (Å²) in [6, 6.07) is 11.1. The van der Waals surface area contributed by atoms with Crippen LogP contribution in [-0.4, -0.2) is 59.5 Å². The quantitative estimate of drug-likeness (QED) is 0.531. The maximum absolute atomic E-state index is 13.0. The van der Waals surface area contributed by atoms with Crippen LogP contribution in [0.25, 0.3) is 10.8 Å². The SMILES string of the molecule is CN(C(=O)COc1c([N+](=O)[O-])ccc2ccccc12)C1CCCCC1N1CCCC1. The molecular formula is C23H29N3O4. The third kappa shape index (κ3) is 4.12. The number of hydrogen-bond donors (Lipinski definition) is 0. The van der Waals surface area contributed by atoms with Crippen molar-refractivity contribution >= 4 is 22.4 Å². The van der Waals surface area contributed by atoms with Gasteiger partial charge in [-0.1, -0.05) is 37.1 Å². The average molecular weight is 412 g/mol. The summed E-state index contributed by atoms with van der Waals surface area (Å²) in [7, 11) is 1.85. The Kier molecular flexibility index (Phi) is 6.18. The first kappa shape index (κ1) is 20.6. The molecule has 1 amide bonds. The molecule has 0 spiro atoms. The first-order valence-corrected chi connectivity index (χ1v) is 10.8. The summed E-state index contributed by atoms with van der Waals surface area (Å²) in [5.74, 6) is 0.0351. The van der Waals surface area contributed by atoms with Gasteiger partial charge in [0.25, 0.3) is 5.91 Å². The predicted molar refractivity (Wildman–Crippen MR) is 116 cm³/mol. The molecule has 1 aliphatic carbocycles. The number of nitrogens with zero attached hydrogens (tertiary/aromatic N) is 3. The number of benzene rings is 2. The molecule has 2 aromatic rings. The zero-order valence-corrected chi connectivity index (χ0v) is 17.5. The van der Waals surface area contributed by atoms with Gasteiger partial charge in [0.1, 0.15) is 0 Å². The molecule has 30 heavy (non-hydrogen) atoms. The smallest absolute Gasteiger partial charge is 0.311 e. The summed E-state index contributed by atoms with van der Waals surface area (Å²) >= 11 is 0. The van der Waals surface area contributed by atoms with Gasteiger partial charge in [0.15, 0.2) is 6.61 Å². The fourth-order valence-electron chi connectivity index (χ4n) is 4.99. The monoisotopic (exact) mass is 411 g/mol. The van der Waals surface area contributed by atoms with E-state index in [1.807, 2.05) is 30.1 Å². The Labute approximate surface area is 176 Å². The van der Waals surface area contributed by atoms with Crippen LogP contribution < -0.4 is 4.74 Å². The lowest BCUT2D eigenvalue weighted by atomic mass is 9.88. The van der Waals surface area contributed by atoms with E-state index in [0.29, 0.717) is 11.4 Å². The van der Waals surface area contributed by atoms with Gasteiger partial charge in [0.2, 0.25) is 5.75 Å². The van der Waals surface area contributed by atoms with Crippen molar-refractivity contribution in [2.24, 2.45) is 0 Å². The van der Waals surface area contributed by atoms with Crippen LogP contribution in [0.4, 0.5) is 5.69 Å². The summed E-state index contributed by atoms with van der Waals surface area (Å²) in [6.07, 6.45) is 6.92. The predicted octanol–water partition coefficient (Wildman–Crippen LogP) is 3.99. The molecule has 1 saturated carbocycles. The number of hydrogen-bond acceptors (Lipinski definition) is 5. The summed E-state index contributed by atoms with van der Waals surface area (Å²) in [5, 5.41) is 13.0. The Morgan fingerprint density at radius 1 is 1.13 bits per heavy atom. The minimum atomic E-state index is -0.458. The molecule has 4 rings (SSSR count). The van der Waals surface area contributed by atoms with E-state index >= 15 is 0 Å². The van der Waals surface area contributed by atoms with Crippen molar-refractivity contribution < 1.29 is 14.5 Å². The highest BCUT2D eigenvalue weighted by molar-refractivity contribution is 5.92. The number of carbonyl (C=O) groups excluding carboxylic acids is 1. The largest absolute Gasteiger partial charge is 0.476 e. The van der Waals surface area contributed by atoms with Crippen molar-refractivity contribution in [3.63, 3.8) is 0 Å². The van der Waals surface area contributed by atoms with Gasteiger partial charge in [-0.05, 0) is 50.2 Å². The molecular weight excluding hydrogens is 382 g/mol. The molecule has 7 heteroatoms. The lowest BCUT2D eigenvalue weighted by Crippen LogP contribution is -2.54. The van der Waals surface area contributed by atoms with Gasteiger partial charge in [0, 0.05) is 30.6 Å². The van der Waals surface area contributed by atoms with E-state index < -0.39 is 4.92 Å². The second-order valence-electron chi connectivity index (χ2n) is 8.35. The lowest BCUT2D eigenvalue weighted by molar-refractivity contribution is -0.385. The number of fused-ring (bicyclic) bond motifs is 1. The van der Waals surface area contributed by atoms with E-state index in [9.17, 15) is 14.9 Å². The normalized spacial score (nSPS) is 22.2. The second kappa shape index (κ2) is 9.00. The first-order chi connectivity index (χ1) is 14.6. The maximum atomic E-state index is 13.0. The fourth-order valence-corrected chi connectivity index (χ4v) is 4.99. The van der Waals surface area contributed by atoms with Gasteiger partial charge in [-0.25, -0.2) is 0 Å². The summed E-state index contributed by atoms with van der Waals surface area (Å²) in [5.41, 5.74) is -0.114. The molecule has 7 nitrogen and oxygen atoms in total. The van der Waals surface area contributed by atoms with E-state index in [1.165, 1.54) is 25.3 Å². The zero-order chi connectivity index (χ0) is 21.1. The molecule has 160 valence electrons. The van der Waals surface area contributed by atoms with Gasteiger partial charge in [-0.3, -0.25) is 19.8 Å². The van der Waals surface area contributed by atoms with Crippen LogP contribution in [-0.2, 0) is 4.79 Å². The topological polar surface area (TPSA) is 75.9 Å². The van der Waals surface area contributed by atoms with Crippen LogP contribution >= 0.6 is 0 Å². The Hall–Kier alpha value is -2.67. The highest BCUT2D eigenvalue weighted by Gasteiger charge is 2.35. The molecule has 0 N–H and O–H groups in total. The minimum Gasteiger partial charge on any atom is -0.476 e. The number of carbonyl (C=O) groups is 1. The van der Waals surface area contributed by atoms with Crippen molar-refractivity contribution in [1.82, 2.24) is 9.80 Å². The van der Waals surface area contributed by atoms with Gasteiger partial charge >= 0.3 is 5.69 Å².